The monoisotopic (exact) mass is 492 g/mol. The van der Waals surface area contributed by atoms with Gasteiger partial charge in [0.05, 0.1) is 24.3 Å². The summed E-state index contributed by atoms with van der Waals surface area (Å²) in [7, 11) is 0. The summed E-state index contributed by atoms with van der Waals surface area (Å²) in [5, 5.41) is 5.80. The molecule has 1 atom stereocenters. The molecule has 1 fully saturated rings. The normalized spacial score (nSPS) is 19.1. The highest BCUT2D eigenvalue weighted by atomic mass is 16.5. The number of nitrogens with one attached hydrogen (secondary N) is 2. The standard InChI is InChI=1S/C28H36N4O4/c1-4-35-27(33)25-24(19-32-16-14-31(15-17-32)18-21-8-6-5-7-9-21)29-28(34)30-26(25)22-10-12-23(13-11-22)36-20(2)3/h5-13,20,26H,4,14-19H2,1-3H3,(H2,29,30,34). The number of ether oxygens (including phenoxy) is 2. The predicted octanol–water partition coefficient (Wildman–Crippen LogP) is 3.46. The van der Waals surface area contributed by atoms with Crippen LogP contribution in [0.3, 0.4) is 0 Å². The zero-order chi connectivity index (χ0) is 25.5. The van der Waals surface area contributed by atoms with Crippen LogP contribution in [0.1, 0.15) is 37.9 Å². The fraction of sp³-hybridized carbons (Fsp3) is 0.429. The van der Waals surface area contributed by atoms with Crippen LogP contribution < -0.4 is 15.4 Å². The first-order chi connectivity index (χ1) is 17.4. The van der Waals surface area contributed by atoms with Gasteiger partial charge in [-0.15, -0.1) is 0 Å². The van der Waals surface area contributed by atoms with Crippen LogP contribution in [-0.4, -0.2) is 67.2 Å². The van der Waals surface area contributed by atoms with Gasteiger partial charge in [0.2, 0.25) is 0 Å². The fourth-order valence-electron chi connectivity index (χ4n) is 4.62. The number of nitrogens with zero attached hydrogens (tertiary/aromatic N) is 2. The number of esters is 1. The Balaban J connectivity index is 1.50. The molecule has 2 aliphatic rings. The van der Waals surface area contributed by atoms with Gasteiger partial charge in [-0.05, 0) is 44.0 Å². The molecular weight excluding hydrogens is 456 g/mol. The Morgan fingerprint density at radius 3 is 2.22 bits per heavy atom. The molecule has 2 aliphatic heterocycles. The summed E-state index contributed by atoms with van der Waals surface area (Å²) < 4.78 is 11.2. The summed E-state index contributed by atoms with van der Waals surface area (Å²) in [5.41, 5.74) is 3.15. The third kappa shape index (κ3) is 6.65. The molecule has 192 valence electrons. The molecule has 4 rings (SSSR count). The molecule has 2 amide bonds. The van der Waals surface area contributed by atoms with Crippen LogP contribution in [0, 0.1) is 0 Å². The average Bonchev–Trinajstić information content (AvgIpc) is 2.86. The van der Waals surface area contributed by atoms with Gasteiger partial charge in [0.25, 0.3) is 0 Å². The first-order valence-corrected chi connectivity index (χ1v) is 12.7. The molecule has 2 heterocycles. The van der Waals surface area contributed by atoms with E-state index in [0.717, 1.165) is 44.0 Å². The van der Waals surface area contributed by atoms with Crippen LogP contribution in [0.15, 0.2) is 65.9 Å². The van der Waals surface area contributed by atoms with E-state index in [4.69, 9.17) is 9.47 Å². The minimum atomic E-state index is -0.597. The quantitative estimate of drug-likeness (QED) is 0.522. The Bertz CT molecular complexity index is 1060. The van der Waals surface area contributed by atoms with Crippen LogP contribution in [0.5, 0.6) is 5.75 Å². The van der Waals surface area contributed by atoms with Crippen molar-refractivity contribution >= 4 is 12.0 Å². The van der Waals surface area contributed by atoms with Gasteiger partial charge in [0, 0.05) is 45.0 Å². The number of benzene rings is 2. The Morgan fingerprint density at radius 1 is 0.972 bits per heavy atom. The predicted molar refractivity (Wildman–Crippen MR) is 138 cm³/mol. The molecule has 36 heavy (non-hydrogen) atoms. The lowest BCUT2D eigenvalue weighted by Gasteiger charge is -2.37. The van der Waals surface area contributed by atoms with Gasteiger partial charge in [-0.1, -0.05) is 42.5 Å². The van der Waals surface area contributed by atoms with Gasteiger partial charge in [-0.3, -0.25) is 9.80 Å². The van der Waals surface area contributed by atoms with Crippen molar-refractivity contribution in [2.45, 2.75) is 39.5 Å². The van der Waals surface area contributed by atoms with E-state index in [1.54, 1.807) is 6.92 Å². The highest BCUT2D eigenvalue weighted by molar-refractivity contribution is 5.95. The summed E-state index contributed by atoms with van der Waals surface area (Å²) in [6, 6.07) is 17.0. The van der Waals surface area contributed by atoms with Crippen molar-refractivity contribution in [3.05, 3.63) is 77.0 Å². The highest BCUT2D eigenvalue weighted by Gasteiger charge is 2.34. The van der Waals surface area contributed by atoms with Crippen molar-refractivity contribution < 1.29 is 19.1 Å². The summed E-state index contributed by atoms with van der Waals surface area (Å²) in [6.07, 6.45) is 0.0594. The third-order valence-corrected chi connectivity index (χ3v) is 6.33. The maximum atomic E-state index is 13.1. The molecule has 8 heteroatoms. The lowest BCUT2D eigenvalue weighted by molar-refractivity contribution is -0.139. The number of rotatable bonds is 9. The summed E-state index contributed by atoms with van der Waals surface area (Å²) in [5.74, 6) is 0.319. The molecule has 0 bridgehead atoms. The van der Waals surface area contributed by atoms with E-state index in [0.29, 0.717) is 17.8 Å². The number of carbonyl (C=O) groups is 2. The van der Waals surface area contributed by atoms with Crippen molar-refractivity contribution in [1.82, 2.24) is 20.4 Å². The number of hydrogen-bond acceptors (Lipinski definition) is 6. The van der Waals surface area contributed by atoms with Crippen LogP contribution in [0.4, 0.5) is 4.79 Å². The number of piperazine rings is 1. The molecule has 1 saturated heterocycles. The molecule has 0 aliphatic carbocycles. The summed E-state index contributed by atoms with van der Waals surface area (Å²) in [4.78, 5) is 30.4. The molecule has 2 N–H and O–H groups in total. The van der Waals surface area contributed by atoms with Crippen molar-refractivity contribution in [3.8, 4) is 5.75 Å². The van der Waals surface area contributed by atoms with E-state index >= 15 is 0 Å². The minimum Gasteiger partial charge on any atom is -0.491 e. The first-order valence-electron chi connectivity index (χ1n) is 12.7. The Kier molecular flexibility index (Phi) is 8.61. The molecule has 0 aromatic heterocycles. The van der Waals surface area contributed by atoms with Gasteiger partial charge in [-0.2, -0.15) is 0 Å². The van der Waals surface area contributed by atoms with E-state index in [1.165, 1.54) is 5.56 Å². The molecular formula is C28H36N4O4. The van der Waals surface area contributed by atoms with Gasteiger partial charge in [0.1, 0.15) is 5.75 Å². The van der Waals surface area contributed by atoms with Gasteiger partial charge in [0.15, 0.2) is 0 Å². The molecule has 8 nitrogen and oxygen atoms in total. The number of urea groups is 1. The van der Waals surface area contributed by atoms with Gasteiger partial charge >= 0.3 is 12.0 Å². The average molecular weight is 493 g/mol. The van der Waals surface area contributed by atoms with Crippen molar-refractivity contribution in [3.63, 3.8) is 0 Å². The zero-order valence-electron chi connectivity index (χ0n) is 21.3. The van der Waals surface area contributed by atoms with E-state index < -0.39 is 12.0 Å². The summed E-state index contributed by atoms with van der Waals surface area (Å²) in [6.45, 7) is 10.9. The smallest absolute Gasteiger partial charge is 0.338 e. The maximum absolute atomic E-state index is 13.1. The van der Waals surface area contributed by atoms with E-state index in [-0.39, 0.29) is 18.7 Å². The lowest BCUT2D eigenvalue weighted by Crippen LogP contribution is -2.51. The molecule has 0 spiro atoms. The highest BCUT2D eigenvalue weighted by Crippen LogP contribution is 2.30. The largest absolute Gasteiger partial charge is 0.491 e. The summed E-state index contributed by atoms with van der Waals surface area (Å²) >= 11 is 0. The second kappa shape index (κ2) is 12.1. The topological polar surface area (TPSA) is 83.1 Å². The van der Waals surface area contributed by atoms with E-state index in [2.05, 4.69) is 44.7 Å². The number of amides is 2. The van der Waals surface area contributed by atoms with E-state index in [9.17, 15) is 9.59 Å². The van der Waals surface area contributed by atoms with Crippen LogP contribution in [0.2, 0.25) is 0 Å². The Morgan fingerprint density at radius 2 is 1.61 bits per heavy atom. The second-order valence-corrected chi connectivity index (χ2v) is 9.42. The van der Waals surface area contributed by atoms with Crippen molar-refractivity contribution in [2.75, 3.05) is 39.3 Å². The molecule has 2 aromatic carbocycles. The van der Waals surface area contributed by atoms with Crippen LogP contribution in [0.25, 0.3) is 0 Å². The minimum absolute atomic E-state index is 0.0594. The zero-order valence-corrected chi connectivity index (χ0v) is 21.3. The van der Waals surface area contributed by atoms with Gasteiger partial charge in [-0.25, -0.2) is 9.59 Å². The second-order valence-electron chi connectivity index (χ2n) is 9.42. The molecule has 2 aromatic rings. The first kappa shape index (κ1) is 25.7. The molecule has 1 unspecified atom stereocenters. The third-order valence-electron chi connectivity index (χ3n) is 6.33. The lowest BCUT2D eigenvalue weighted by atomic mass is 9.94. The number of carbonyl (C=O) groups excluding carboxylic acids is 2. The maximum Gasteiger partial charge on any atom is 0.338 e. The Hall–Kier alpha value is -3.36. The van der Waals surface area contributed by atoms with Crippen molar-refractivity contribution in [2.24, 2.45) is 0 Å². The number of hydrogen-bond donors (Lipinski definition) is 2. The van der Waals surface area contributed by atoms with Crippen LogP contribution in [-0.2, 0) is 16.1 Å². The van der Waals surface area contributed by atoms with Crippen LogP contribution >= 0.6 is 0 Å². The van der Waals surface area contributed by atoms with E-state index in [1.807, 2.05) is 44.2 Å². The molecule has 0 saturated carbocycles. The van der Waals surface area contributed by atoms with Gasteiger partial charge < -0.3 is 20.1 Å². The SMILES string of the molecule is CCOC(=O)C1=C(CN2CCN(Cc3ccccc3)CC2)NC(=O)NC1c1ccc(OC(C)C)cc1. The fourth-order valence-corrected chi connectivity index (χ4v) is 4.62. The molecule has 0 radical (unpaired) electrons. The Labute approximate surface area is 213 Å². The van der Waals surface area contributed by atoms with Crippen molar-refractivity contribution in [1.29, 1.82) is 0 Å².